The highest BCUT2D eigenvalue weighted by Crippen LogP contribution is 2.17. The Bertz CT molecular complexity index is 582. The van der Waals surface area contributed by atoms with Crippen LogP contribution in [0.15, 0.2) is 23.1 Å². The van der Waals surface area contributed by atoms with Crippen molar-refractivity contribution in [3.63, 3.8) is 0 Å². The van der Waals surface area contributed by atoms with Crippen LogP contribution in [0.5, 0.6) is 0 Å². The smallest absolute Gasteiger partial charge is 0.338 e. The Morgan fingerprint density at radius 1 is 1.00 bits per heavy atom. The van der Waals surface area contributed by atoms with Gasteiger partial charge in [0.25, 0.3) is 0 Å². The predicted octanol–water partition coefficient (Wildman–Crippen LogP) is 0.944. The second-order valence-electron chi connectivity index (χ2n) is 3.64. The van der Waals surface area contributed by atoms with Crippen LogP contribution in [0.1, 0.15) is 34.6 Å². The fraction of sp³-hybridized carbons (Fsp3) is 0.333. The molecule has 20 heavy (non-hydrogen) atoms. The summed E-state index contributed by atoms with van der Waals surface area (Å²) >= 11 is 0. The highest BCUT2D eigenvalue weighted by atomic mass is 32.2. The third-order valence-electron chi connectivity index (χ3n) is 2.22. The van der Waals surface area contributed by atoms with Crippen LogP contribution in [0.4, 0.5) is 0 Å². The van der Waals surface area contributed by atoms with Crippen LogP contribution in [-0.2, 0) is 19.6 Å². The average Bonchev–Trinajstić information content (AvgIpc) is 2.37. The maximum Gasteiger partial charge on any atom is 0.338 e. The number of rotatable bonds is 5. The fourth-order valence-electron chi connectivity index (χ4n) is 1.41. The van der Waals surface area contributed by atoms with Crippen molar-refractivity contribution >= 4 is 22.1 Å². The number of hydrogen-bond acceptors (Lipinski definition) is 7. The minimum Gasteiger partial charge on any atom is -0.744 e. The van der Waals surface area contributed by atoms with Crippen LogP contribution < -0.4 is 0 Å². The molecule has 0 aromatic heterocycles. The minimum absolute atomic E-state index is 0.0714. The lowest BCUT2D eigenvalue weighted by atomic mass is 10.1. The molecule has 1 rings (SSSR count). The van der Waals surface area contributed by atoms with Crippen molar-refractivity contribution < 1.29 is 32.0 Å². The first-order valence-corrected chi connectivity index (χ1v) is 7.15. The first-order chi connectivity index (χ1) is 9.29. The SMILES string of the molecule is CCOC(=O)c1cc(C(=O)OCC)cc(S(=O)(=O)[O-])c1. The Morgan fingerprint density at radius 2 is 1.40 bits per heavy atom. The number of ether oxygens (including phenoxy) is 2. The molecular weight excluding hydrogens is 288 g/mol. The average molecular weight is 301 g/mol. The van der Waals surface area contributed by atoms with Gasteiger partial charge in [-0.1, -0.05) is 0 Å². The van der Waals surface area contributed by atoms with Crippen molar-refractivity contribution in [2.75, 3.05) is 13.2 Å². The molecule has 1 aromatic rings. The van der Waals surface area contributed by atoms with Gasteiger partial charge in [0.2, 0.25) is 0 Å². The van der Waals surface area contributed by atoms with E-state index in [0.717, 1.165) is 18.2 Å². The van der Waals surface area contributed by atoms with Gasteiger partial charge < -0.3 is 14.0 Å². The van der Waals surface area contributed by atoms with E-state index in [-0.39, 0.29) is 24.3 Å². The molecule has 0 unspecified atom stereocenters. The van der Waals surface area contributed by atoms with E-state index in [4.69, 9.17) is 9.47 Å². The maximum absolute atomic E-state index is 11.6. The summed E-state index contributed by atoms with van der Waals surface area (Å²) in [5.41, 5.74) is -0.404. The second-order valence-corrected chi connectivity index (χ2v) is 5.02. The van der Waals surface area contributed by atoms with Crippen molar-refractivity contribution in [1.82, 2.24) is 0 Å². The highest BCUT2D eigenvalue weighted by molar-refractivity contribution is 7.85. The van der Waals surface area contributed by atoms with Gasteiger partial charge in [0, 0.05) is 0 Å². The summed E-state index contributed by atoms with van der Waals surface area (Å²) in [5.74, 6) is -1.66. The van der Waals surface area contributed by atoms with Crippen molar-refractivity contribution in [3.05, 3.63) is 29.3 Å². The van der Waals surface area contributed by atoms with Crippen LogP contribution in [-0.4, -0.2) is 38.1 Å². The monoisotopic (exact) mass is 301 g/mol. The summed E-state index contributed by atoms with van der Waals surface area (Å²) in [7, 11) is -4.81. The number of carbonyl (C=O) groups is 2. The summed E-state index contributed by atoms with van der Waals surface area (Å²) in [6.45, 7) is 3.28. The Labute approximate surface area is 116 Å². The molecule has 0 N–H and O–H groups in total. The van der Waals surface area contributed by atoms with Gasteiger partial charge in [0.05, 0.1) is 29.2 Å². The van der Waals surface area contributed by atoms with Crippen molar-refractivity contribution in [3.8, 4) is 0 Å². The van der Waals surface area contributed by atoms with E-state index in [1.54, 1.807) is 13.8 Å². The quantitative estimate of drug-likeness (QED) is 0.588. The molecule has 0 amide bonds. The van der Waals surface area contributed by atoms with E-state index in [2.05, 4.69) is 0 Å². The van der Waals surface area contributed by atoms with Gasteiger partial charge in [0.15, 0.2) is 0 Å². The molecule has 0 aliphatic carbocycles. The van der Waals surface area contributed by atoms with Crippen molar-refractivity contribution in [1.29, 1.82) is 0 Å². The topological polar surface area (TPSA) is 110 Å². The maximum atomic E-state index is 11.6. The number of esters is 2. The van der Waals surface area contributed by atoms with Crippen LogP contribution in [0.25, 0.3) is 0 Å². The van der Waals surface area contributed by atoms with Gasteiger partial charge in [-0.2, -0.15) is 0 Å². The molecule has 110 valence electrons. The van der Waals surface area contributed by atoms with Gasteiger partial charge in [-0.15, -0.1) is 0 Å². The van der Waals surface area contributed by atoms with E-state index in [1.165, 1.54) is 0 Å². The molecule has 8 heteroatoms. The minimum atomic E-state index is -4.81. The Morgan fingerprint density at radius 3 is 1.70 bits per heavy atom. The van der Waals surface area contributed by atoms with Crippen LogP contribution >= 0.6 is 0 Å². The van der Waals surface area contributed by atoms with Crippen LogP contribution in [0.3, 0.4) is 0 Å². The first-order valence-electron chi connectivity index (χ1n) is 5.74. The molecule has 1 aromatic carbocycles. The lowest BCUT2D eigenvalue weighted by molar-refractivity contribution is 0.0524. The van der Waals surface area contributed by atoms with Gasteiger partial charge in [0.1, 0.15) is 10.1 Å². The van der Waals surface area contributed by atoms with E-state index in [9.17, 15) is 22.6 Å². The lowest BCUT2D eigenvalue weighted by Crippen LogP contribution is -2.12. The molecule has 0 spiro atoms. The lowest BCUT2D eigenvalue weighted by Gasteiger charge is -2.11. The molecule has 0 fully saturated rings. The Kier molecular flexibility index (Phi) is 5.23. The van der Waals surface area contributed by atoms with Gasteiger partial charge in [-0.05, 0) is 32.0 Å². The van der Waals surface area contributed by atoms with E-state index in [1.807, 2.05) is 0 Å². The normalized spacial score (nSPS) is 10.9. The number of hydrogen-bond donors (Lipinski definition) is 0. The zero-order valence-corrected chi connectivity index (χ0v) is 11.7. The second kappa shape index (κ2) is 6.49. The zero-order valence-electron chi connectivity index (χ0n) is 10.9. The summed E-state index contributed by atoms with van der Waals surface area (Å²) in [6.07, 6.45) is 0. The highest BCUT2D eigenvalue weighted by Gasteiger charge is 2.16. The summed E-state index contributed by atoms with van der Waals surface area (Å²) in [4.78, 5) is 22.5. The summed E-state index contributed by atoms with van der Waals surface area (Å²) in [6, 6.07) is 2.84. The van der Waals surface area contributed by atoms with Crippen LogP contribution in [0.2, 0.25) is 0 Å². The van der Waals surface area contributed by atoms with Gasteiger partial charge >= 0.3 is 11.9 Å². The van der Waals surface area contributed by atoms with E-state index in [0.29, 0.717) is 0 Å². The Balaban J connectivity index is 3.36. The number of carbonyl (C=O) groups excluding carboxylic acids is 2. The standard InChI is InChI=1S/C12H14O7S/c1-3-18-11(13)8-5-9(12(14)19-4-2)7-10(6-8)20(15,16)17/h5-7H,3-4H2,1-2H3,(H,15,16,17)/p-1. The van der Waals surface area contributed by atoms with Gasteiger partial charge in [-0.3, -0.25) is 0 Å². The van der Waals surface area contributed by atoms with Crippen LogP contribution in [0, 0.1) is 0 Å². The largest absolute Gasteiger partial charge is 0.744 e. The predicted molar refractivity (Wildman–Crippen MR) is 66.3 cm³/mol. The fourth-order valence-corrected chi connectivity index (χ4v) is 1.95. The molecule has 0 saturated carbocycles. The Hall–Kier alpha value is -1.93. The molecule has 0 atom stereocenters. The third-order valence-corrected chi connectivity index (χ3v) is 3.03. The van der Waals surface area contributed by atoms with E-state index >= 15 is 0 Å². The molecule has 0 bridgehead atoms. The number of benzene rings is 1. The molecule has 0 aliphatic rings. The van der Waals surface area contributed by atoms with Crippen molar-refractivity contribution in [2.45, 2.75) is 18.7 Å². The van der Waals surface area contributed by atoms with E-state index < -0.39 is 27.0 Å². The van der Waals surface area contributed by atoms with Crippen molar-refractivity contribution in [2.24, 2.45) is 0 Å². The molecule has 0 heterocycles. The molecular formula is C12H13O7S-. The van der Waals surface area contributed by atoms with Gasteiger partial charge in [-0.25, -0.2) is 18.0 Å². The summed E-state index contributed by atoms with van der Waals surface area (Å²) < 4.78 is 42.5. The zero-order chi connectivity index (χ0) is 15.3. The summed E-state index contributed by atoms with van der Waals surface area (Å²) in [5, 5.41) is 0. The molecule has 0 radical (unpaired) electrons. The molecule has 7 nitrogen and oxygen atoms in total. The first kappa shape index (κ1) is 16.1. The third kappa shape index (κ3) is 4.04. The molecule has 0 aliphatic heterocycles. The molecule has 0 saturated heterocycles.